The van der Waals surface area contributed by atoms with E-state index in [2.05, 4.69) is 11.4 Å². The number of aryl methyl sites for hydroxylation is 1. The fourth-order valence-electron chi connectivity index (χ4n) is 3.02. The molecule has 0 bridgehead atoms. The van der Waals surface area contributed by atoms with Gasteiger partial charge in [0.15, 0.2) is 5.78 Å². The molecule has 1 aliphatic rings. The first-order valence-corrected chi connectivity index (χ1v) is 9.30. The molecular formula is C20H18N2O4S. The van der Waals surface area contributed by atoms with Gasteiger partial charge < -0.3 is 15.2 Å². The van der Waals surface area contributed by atoms with Crippen molar-refractivity contribution in [3.8, 4) is 11.8 Å². The Labute approximate surface area is 160 Å². The standard InChI is InChI=1S/C20H18N2O4S/c1-26-13-8-6-12(7-9-13)17(23)10-16(20(24)25)22-19-15(11-21)14-4-2-3-5-18(14)27-19/h6-10,22H,2-5H2,1H3,(H,24,25). The SMILES string of the molecule is COc1ccc(C(=O)C=C(Nc2sc3c(c2C#N)CCCC3)C(=O)O)cc1. The number of nitriles is 1. The van der Waals surface area contributed by atoms with Crippen molar-refractivity contribution >= 4 is 28.1 Å². The second kappa shape index (κ2) is 8.06. The predicted molar refractivity (Wildman–Crippen MR) is 102 cm³/mol. The van der Waals surface area contributed by atoms with Gasteiger partial charge in [-0.05, 0) is 55.5 Å². The predicted octanol–water partition coefficient (Wildman–Crippen LogP) is 3.77. The Bertz CT molecular complexity index is 952. The van der Waals surface area contributed by atoms with Crippen LogP contribution < -0.4 is 10.1 Å². The number of allylic oxidation sites excluding steroid dienone is 1. The van der Waals surface area contributed by atoms with Crippen molar-refractivity contribution in [3.05, 3.63) is 57.6 Å². The molecule has 2 aromatic rings. The van der Waals surface area contributed by atoms with Crippen LogP contribution in [0.2, 0.25) is 0 Å². The summed E-state index contributed by atoms with van der Waals surface area (Å²) in [5.41, 5.74) is 1.58. The second-order valence-electron chi connectivity index (χ2n) is 6.11. The molecular weight excluding hydrogens is 364 g/mol. The van der Waals surface area contributed by atoms with Crippen molar-refractivity contribution in [1.82, 2.24) is 0 Å². The van der Waals surface area contributed by atoms with E-state index >= 15 is 0 Å². The summed E-state index contributed by atoms with van der Waals surface area (Å²) in [6.45, 7) is 0. The molecule has 138 valence electrons. The lowest BCUT2D eigenvalue weighted by Gasteiger charge is -2.09. The number of ether oxygens (including phenoxy) is 1. The van der Waals surface area contributed by atoms with Crippen LogP contribution in [0.5, 0.6) is 5.75 Å². The zero-order valence-electron chi connectivity index (χ0n) is 14.7. The zero-order chi connectivity index (χ0) is 19.4. The van der Waals surface area contributed by atoms with Gasteiger partial charge in [0.2, 0.25) is 0 Å². The number of carbonyl (C=O) groups excluding carboxylic acids is 1. The number of benzene rings is 1. The maximum absolute atomic E-state index is 12.4. The summed E-state index contributed by atoms with van der Waals surface area (Å²) >= 11 is 1.39. The molecule has 2 N–H and O–H groups in total. The number of thiophene rings is 1. The lowest BCUT2D eigenvalue weighted by Crippen LogP contribution is -2.13. The molecule has 27 heavy (non-hydrogen) atoms. The Balaban J connectivity index is 1.89. The quantitative estimate of drug-likeness (QED) is 0.583. The largest absolute Gasteiger partial charge is 0.497 e. The number of hydrogen-bond donors (Lipinski definition) is 2. The molecule has 0 aliphatic heterocycles. The van der Waals surface area contributed by atoms with Crippen molar-refractivity contribution in [2.24, 2.45) is 0 Å². The second-order valence-corrected chi connectivity index (χ2v) is 7.21. The van der Waals surface area contributed by atoms with E-state index in [1.165, 1.54) is 18.4 Å². The van der Waals surface area contributed by atoms with Gasteiger partial charge in [0.05, 0.1) is 12.7 Å². The molecule has 0 fully saturated rings. The molecule has 0 atom stereocenters. The molecule has 0 radical (unpaired) electrons. The van der Waals surface area contributed by atoms with E-state index in [-0.39, 0.29) is 5.70 Å². The van der Waals surface area contributed by atoms with Crippen LogP contribution in [0.1, 0.15) is 39.2 Å². The smallest absolute Gasteiger partial charge is 0.352 e. The number of carboxylic acids is 1. The molecule has 1 aliphatic carbocycles. The van der Waals surface area contributed by atoms with Crippen LogP contribution in [0.15, 0.2) is 36.0 Å². The number of methoxy groups -OCH3 is 1. The topological polar surface area (TPSA) is 99.4 Å². The van der Waals surface area contributed by atoms with Gasteiger partial charge in [-0.25, -0.2) is 4.79 Å². The number of aliphatic carboxylic acids is 1. The molecule has 1 aromatic carbocycles. The maximum atomic E-state index is 12.4. The normalized spacial score (nSPS) is 13.4. The fraction of sp³-hybridized carbons (Fsp3) is 0.250. The molecule has 0 unspecified atom stereocenters. The highest BCUT2D eigenvalue weighted by Gasteiger charge is 2.22. The third-order valence-electron chi connectivity index (χ3n) is 4.41. The Morgan fingerprint density at radius 1 is 1.26 bits per heavy atom. The average molecular weight is 382 g/mol. The Morgan fingerprint density at radius 3 is 2.59 bits per heavy atom. The lowest BCUT2D eigenvalue weighted by molar-refractivity contribution is -0.132. The Hall–Kier alpha value is -3.11. The van der Waals surface area contributed by atoms with Crippen molar-refractivity contribution in [2.75, 3.05) is 12.4 Å². The Morgan fingerprint density at radius 2 is 1.96 bits per heavy atom. The molecule has 6 nitrogen and oxygen atoms in total. The van der Waals surface area contributed by atoms with Gasteiger partial charge in [0.25, 0.3) is 0 Å². The van der Waals surface area contributed by atoms with Gasteiger partial charge in [0.1, 0.15) is 22.5 Å². The van der Waals surface area contributed by atoms with Crippen molar-refractivity contribution in [3.63, 3.8) is 0 Å². The number of nitrogens with zero attached hydrogens (tertiary/aromatic N) is 1. The van der Waals surface area contributed by atoms with Crippen LogP contribution in [-0.4, -0.2) is 24.0 Å². The first kappa shape index (κ1) is 18.7. The first-order chi connectivity index (χ1) is 13.0. The summed E-state index contributed by atoms with van der Waals surface area (Å²) in [5.74, 6) is -1.09. The third-order valence-corrected chi connectivity index (χ3v) is 5.62. The monoisotopic (exact) mass is 382 g/mol. The van der Waals surface area contributed by atoms with Gasteiger partial charge in [-0.2, -0.15) is 5.26 Å². The summed E-state index contributed by atoms with van der Waals surface area (Å²) in [5, 5.41) is 22.3. The highest BCUT2D eigenvalue weighted by atomic mass is 32.1. The molecule has 0 spiro atoms. The molecule has 0 saturated carbocycles. The Kier molecular flexibility index (Phi) is 5.57. The number of anilines is 1. The van der Waals surface area contributed by atoms with Crippen LogP contribution in [0.3, 0.4) is 0 Å². The van der Waals surface area contributed by atoms with E-state index in [1.807, 2.05) is 0 Å². The van der Waals surface area contributed by atoms with E-state index in [0.717, 1.165) is 42.2 Å². The summed E-state index contributed by atoms with van der Waals surface area (Å²) < 4.78 is 5.05. The van der Waals surface area contributed by atoms with Gasteiger partial charge >= 0.3 is 5.97 Å². The number of hydrogen-bond acceptors (Lipinski definition) is 6. The maximum Gasteiger partial charge on any atom is 0.352 e. The van der Waals surface area contributed by atoms with Crippen molar-refractivity contribution in [1.29, 1.82) is 5.26 Å². The van der Waals surface area contributed by atoms with Gasteiger partial charge in [-0.1, -0.05) is 0 Å². The van der Waals surface area contributed by atoms with E-state index in [4.69, 9.17) is 4.74 Å². The summed E-state index contributed by atoms with van der Waals surface area (Å²) in [7, 11) is 1.52. The summed E-state index contributed by atoms with van der Waals surface area (Å²) in [6, 6.07) is 8.59. The minimum Gasteiger partial charge on any atom is -0.497 e. The molecule has 0 saturated heterocycles. The fourth-order valence-corrected chi connectivity index (χ4v) is 4.27. The summed E-state index contributed by atoms with van der Waals surface area (Å²) in [6.07, 6.45) is 4.86. The van der Waals surface area contributed by atoms with Gasteiger partial charge in [0, 0.05) is 16.5 Å². The molecule has 0 amide bonds. The minimum atomic E-state index is -1.26. The van der Waals surface area contributed by atoms with E-state index < -0.39 is 11.8 Å². The van der Waals surface area contributed by atoms with E-state index in [9.17, 15) is 20.0 Å². The van der Waals surface area contributed by atoms with Crippen LogP contribution in [-0.2, 0) is 17.6 Å². The number of fused-ring (bicyclic) bond motifs is 1. The van der Waals surface area contributed by atoms with E-state index in [1.54, 1.807) is 24.3 Å². The van der Waals surface area contributed by atoms with Crippen molar-refractivity contribution < 1.29 is 19.4 Å². The van der Waals surface area contributed by atoms with Gasteiger partial charge in [-0.15, -0.1) is 11.3 Å². The third kappa shape index (κ3) is 4.01. The molecule has 1 aromatic heterocycles. The van der Waals surface area contributed by atoms with Crippen LogP contribution in [0.4, 0.5) is 5.00 Å². The van der Waals surface area contributed by atoms with Crippen molar-refractivity contribution in [2.45, 2.75) is 25.7 Å². The number of carbonyl (C=O) groups is 2. The highest BCUT2D eigenvalue weighted by Crippen LogP contribution is 2.38. The zero-order valence-corrected chi connectivity index (χ0v) is 15.6. The highest BCUT2D eigenvalue weighted by molar-refractivity contribution is 7.16. The first-order valence-electron chi connectivity index (χ1n) is 8.48. The van der Waals surface area contributed by atoms with Crippen LogP contribution in [0.25, 0.3) is 0 Å². The van der Waals surface area contributed by atoms with E-state index in [0.29, 0.717) is 21.9 Å². The number of rotatable bonds is 6. The minimum absolute atomic E-state index is 0.258. The number of nitrogens with one attached hydrogen (secondary N) is 1. The molecule has 1 heterocycles. The molecule has 7 heteroatoms. The molecule has 3 rings (SSSR count). The van der Waals surface area contributed by atoms with Gasteiger partial charge in [-0.3, -0.25) is 4.79 Å². The lowest BCUT2D eigenvalue weighted by atomic mass is 9.96. The average Bonchev–Trinajstić information content (AvgIpc) is 3.04. The number of ketones is 1. The number of carboxylic acid groups (broad SMARTS) is 1. The summed E-state index contributed by atoms with van der Waals surface area (Å²) in [4.78, 5) is 25.2. The van der Waals surface area contributed by atoms with Crippen LogP contribution >= 0.6 is 11.3 Å². The van der Waals surface area contributed by atoms with Crippen LogP contribution in [0, 0.1) is 11.3 Å².